The van der Waals surface area contributed by atoms with Gasteiger partial charge in [0.25, 0.3) is 0 Å². The Bertz CT molecular complexity index is 904. The number of rotatable bonds is 8. The van der Waals surface area contributed by atoms with Crippen LogP contribution in [0.5, 0.6) is 0 Å². The Morgan fingerprint density at radius 3 is 2.75 bits per heavy atom. The Morgan fingerprint density at radius 2 is 2.07 bits per heavy atom. The van der Waals surface area contributed by atoms with Crippen LogP contribution >= 0.6 is 0 Å². The molecule has 1 saturated carbocycles. The molecule has 1 atom stereocenters. The maximum atomic E-state index is 11.9. The molecule has 0 amide bonds. The zero-order valence-corrected chi connectivity index (χ0v) is 17.3. The van der Waals surface area contributed by atoms with Crippen LogP contribution in [0.25, 0.3) is 0 Å². The molecule has 2 aliphatic rings. The Kier molecular flexibility index (Phi) is 5.58. The Balaban J connectivity index is 1.52. The third-order valence-corrected chi connectivity index (χ3v) is 7.76. The first-order valence-electron chi connectivity index (χ1n) is 10.4. The van der Waals surface area contributed by atoms with E-state index >= 15 is 0 Å². The summed E-state index contributed by atoms with van der Waals surface area (Å²) < 4.78 is 28.3. The number of nitrogens with zero attached hydrogens (tertiary/aromatic N) is 2. The maximum Gasteiger partial charge on any atom is 0.211 e. The summed E-state index contributed by atoms with van der Waals surface area (Å²) in [4.78, 5) is 0. The second-order valence-electron chi connectivity index (χ2n) is 8.03. The molecule has 0 saturated heterocycles. The number of nitrogens with one attached hydrogen (secondary N) is 2. The van der Waals surface area contributed by atoms with E-state index < -0.39 is 10.0 Å². The number of fused-ring (bicyclic) bond motifs is 1. The van der Waals surface area contributed by atoms with Crippen molar-refractivity contribution in [2.45, 2.75) is 57.0 Å². The van der Waals surface area contributed by atoms with Crippen molar-refractivity contribution in [1.29, 1.82) is 0 Å². The van der Waals surface area contributed by atoms with Gasteiger partial charge in [-0.3, -0.25) is 4.68 Å². The quantitative estimate of drug-likeness (QED) is 0.711. The lowest BCUT2D eigenvalue weighted by molar-refractivity contribution is 0.161. The molecule has 4 rings (SSSR count). The topological polar surface area (TPSA) is 76.0 Å². The first kappa shape index (κ1) is 19.6. The molecule has 0 radical (unpaired) electrons. The van der Waals surface area contributed by atoms with Gasteiger partial charge in [-0.1, -0.05) is 43.7 Å². The van der Waals surface area contributed by atoms with Crippen LogP contribution in [0.4, 0.5) is 0 Å². The maximum absolute atomic E-state index is 11.9. The molecule has 1 unspecified atom stereocenters. The predicted octanol–water partition coefficient (Wildman–Crippen LogP) is 2.52. The Morgan fingerprint density at radius 1 is 1.29 bits per heavy atom. The van der Waals surface area contributed by atoms with Crippen molar-refractivity contribution in [1.82, 2.24) is 19.8 Å². The fraction of sp³-hybridized carbons (Fsp3) is 0.571. The highest BCUT2D eigenvalue weighted by Crippen LogP contribution is 2.52. The van der Waals surface area contributed by atoms with Crippen molar-refractivity contribution in [3.63, 3.8) is 0 Å². The number of hydrogen-bond donors (Lipinski definition) is 2. The molecular formula is C21H30N4O2S. The minimum absolute atomic E-state index is 0.123. The predicted molar refractivity (Wildman–Crippen MR) is 111 cm³/mol. The van der Waals surface area contributed by atoms with Crippen molar-refractivity contribution >= 4 is 10.0 Å². The fourth-order valence-corrected chi connectivity index (χ4v) is 5.75. The van der Waals surface area contributed by atoms with Crippen LogP contribution in [0.1, 0.15) is 55.5 Å². The van der Waals surface area contributed by atoms with E-state index in [1.54, 1.807) is 0 Å². The van der Waals surface area contributed by atoms with E-state index in [2.05, 4.69) is 46.6 Å². The van der Waals surface area contributed by atoms with Crippen LogP contribution in [-0.4, -0.2) is 37.0 Å². The van der Waals surface area contributed by atoms with Crippen LogP contribution in [0.15, 0.2) is 36.5 Å². The summed E-state index contributed by atoms with van der Waals surface area (Å²) in [6.45, 7) is 3.77. The smallest absolute Gasteiger partial charge is 0.211 e. The lowest BCUT2D eigenvalue weighted by atomic mass is 9.58. The average Bonchev–Trinajstić information content (AvgIpc) is 3.05. The fourth-order valence-electron chi connectivity index (χ4n) is 4.66. The van der Waals surface area contributed by atoms with E-state index in [-0.39, 0.29) is 17.2 Å². The van der Waals surface area contributed by atoms with Crippen molar-refractivity contribution in [3.8, 4) is 0 Å². The average molecular weight is 403 g/mol. The summed E-state index contributed by atoms with van der Waals surface area (Å²) in [5.74, 6) is 0.175. The van der Waals surface area contributed by atoms with Gasteiger partial charge in [0.2, 0.25) is 10.0 Å². The third-order valence-electron chi connectivity index (χ3n) is 6.17. The lowest BCUT2D eigenvalue weighted by Gasteiger charge is -2.49. The molecule has 6 nitrogen and oxygen atoms in total. The third kappa shape index (κ3) is 3.75. The highest BCUT2D eigenvalue weighted by molar-refractivity contribution is 7.89. The van der Waals surface area contributed by atoms with Crippen LogP contribution in [0.3, 0.4) is 0 Å². The largest absolute Gasteiger partial charge is 0.307 e. The van der Waals surface area contributed by atoms with Gasteiger partial charge < -0.3 is 5.32 Å². The van der Waals surface area contributed by atoms with Gasteiger partial charge in [0, 0.05) is 18.2 Å². The van der Waals surface area contributed by atoms with Gasteiger partial charge >= 0.3 is 0 Å². The number of aromatic nitrogens is 2. The molecule has 0 spiro atoms. The molecule has 1 fully saturated rings. The zero-order valence-electron chi connectivity index (χ0n) is 16.5. The molecule has 2 aromatic rings. The summed E-state index contributed by atoms with van der Waals surface area (Å²) in [6, 6.07) is 11.0. The summed E-state index contributed by atoms with van der Waals surface area (Å²) in [5, 5.41) is 8.63. The lowest BCUT2D eigenvalue weighted by Crippen LogP contribution is -2.49. The van der Waals surface area contributed by atoms with Gasteiger partial charge in [-0.25, -0.2) is 13.1 Å². The highest BCUT2D eigenvalue weighted by atomic mass is 32.2. The summed E-state index contributed by atoms with van der Waals surface area (Å²) in [7, 11) is -3.17. The number of benzene rings is 1. The van der Waals surface area contributed by atoms with E-state index in [0.717, 1.165) is 18.7 Å². The van der Waals surface area contributed by atoms with Crippen LogP contribution in [0, 0.1) is 0 Å². The molecule has 1 aromatic heterocycles. The molecule has 2 N–H and O–H groups in total. The Hall–Kier alpha value is -1.70. The van der Waals surface area contributed by atoms with E-state index in [1.807, 2.05) is 11.6 Å². The van der Waals surface area contributed by atoms with Gasteiger partial charge in [-0.2, -0.15) is 5.10 Å². The number of hydrogen-bond acceptors (Lipinski definition) is 4. The van der Waals surface area contributed by atoms with Crippen molar-refractivity contribution in [2.24, 2.45) is 0 Å². The van der Waals surface area contributed by atoms with Gasteiger partial charge in [-0.15, -0.1) is 0 Å². The molecule has 1 aliphatic carbocycles. The van der Waals surface area contributed by atoms with Crippen molar-refractivity contribution in [2.75, 3.05) is 18.8 Å². The minimum atomic E-state index is -3.17. The van der Waals surface area contributed by atoms with E-state index in [0.29, 0.717) is 19.5 Å². The van der Waals surface area contributed by atoms with Crippen LogP contribution < -0.4 is 10.0 Å². The molecule has 1 aliphatic heterocycles. The molecular weight excluding hydrogens is 372 g/mol. The first-order chi connectivity index (χ1) is 13.5. The molecule has 1 aromatic carbocycles. The second-order valence-corrected chi connectivity index (χ2v) is 9.96. The molecule has 0 bridgehead atoms. The van der Waals surface area contributed by atoms with E-state index in [1.165, 1.54) is 30.4 Å². The summed E-state index contributed by atoms with van der Waals surface area (Å²) in [6.07, 6.45) is 7.31. The second kappa shape index (κ2) is 7.97. The highest BCUT2D eigenvalue weighted by Gasteiger charge is 2.48. The van der Waals surface area contributed by atoms with Gasteiger partial charge in [0.1, 0.15) is 0 Å². The molecule has 152 valence electrons. The van der Waals surface area contributed by atoms with E-state index in [4.69, 9.17) is 5.10 Å². The SMILES string of the molecule is CCCS(=O)(=O)NCCn1cc2c(n1)C(C1(c3ccccc3)CCC1)NCC2. The first-order valence-corrected chi connectivity index (χ1v) is 12.0. The van der Waals surface area contributed by atoms with Gasteiger partial charge in [-0.05, 0) is 43.4 Å². The van der Waals surface area contributed by atoms with Gasteiger partial charge in [0.05, 0.1) is 24.0 Å². The van der Waals surface area contributed by atoms with Crippen molar-refractivity contribution < 1.29 is 8.42 Å². The Labute approximate surface area is 167 Å². The zero-order chi connectivity index (χ0) is 19.6. The summed E-state index contributed by atoms with van der Waals surface area (Å²) in [5.41, 5.74) is 3.96. The number of sulfonamides is 1. The van der Waals surface area contributed by atoms with Gasteiger partial charge in [0.15, 0.2) is 0 Å². The van der Waals surface area contributed by atoms with Crippen molar-refractivity contribution in [3.05, 3.63) is 53.3 Å². The molecule has 28 heavy (non-hydrogen) atoms. The van der Waals surface area contributed by atoms with Crippen LogP contribution in [0.2, 0.25) is 0 Å². The summed E-state index contributed by atoms with van der Waals surface area (Å²) >= 11 is 0. The molecule has 7 heteroatoms. The monoisotopic (exact) mass is 402 g/mol. The standard InChI is InChI=1S/C21H30N4O2S/c1-2-15-28(26,27)23-13-14-25-16-17-9-12-22-20(19(17)24-25)21(10-6-11-21)18-7-4-3-5-8-18/h3-5,7-8,16,20,22-23H,2,6,9-15H2,1H3. The van der Waals surface area contributed by atoms with E-state index in [9.17, 15) is 8.42 Å². The minimum Gasteiger partial charge on any atom is -0.307 e. The normalized spacial score (nSPS) is 21.1. The molecule has 2 heterocycles. The van der Waals surface area contributed by atoms with Crippen LogP contribution in [-0.2, 0) is 28.4 Å².